The minimum atomic E-state index is -5.76. The molecule has 46 heteroatoms. The third-order valence-corrected chi connectivity index (χ3v) is 14.1. The van der Waals surface area contributed by atoms with Gasteiger partial charge in [0, 0.05) is 5.92 Å². The molecule has 25 atom stereocenters. The summed E-state index contributed by atoms with van der Waals surface area (Å²) in [6, 6.07) is 0. The Balaban J connectivity index is 1.50. The molecule has 5 aliphatic rings. The molecule has 5 saturated heterocycles. The minimum Gasteiger partial charge on any atom is -0.726 e. The second-order valence-electron chi connectivity index (χ2n) is 17.2. The maximum absolute atomic E-state index is 11.7. The fourth-order valence-electron chi connectivity index (χ4n) is 8.27. The molecule has 41 nitrogen and oxygen atoms in total. The van der Waals surface area contributed by atoms with E-state index in [2.05, 4.69) is 20.9 Å². The lowest BCUT2D eigenvalue weighted by atomic mass is 9.89. The summed E-state index contributed by atoms with van der Waals surface area (Å²) >= 11 is 0. The molecule has 5 rings (SSSR count). The molecular formula is C32H51O41S5-5. The minimum absolute atomic E-state index is 1.09. The van der Waals surface area contributed by atoms with E-state index in [0.717, 1.165) is 0 Å². The fraction of sp³-hybridized carbons (Fsp3) is 1.00. The first-order valence-electron chi connectivity index (χ1n) is 21.8. The highest BCUT2D eigenvalue weighted by Gasteiger charge is 2.57. The number of ether oxygens (including phenoxy) is 9. The van der Waals surface area contributed by atoms with Crippen LogP contribution in [0.5, 0.6) is 0 Å². The Morgan fingerprint density at radius 2 is 0.577 bits per heavy atom. The van der Waals surface area contributed by atoms with Crippen LogP contribution in [0.3, 0.4) is 0 Å². The van der Waals surface area contributed by atoms with E-state index in [9.17, 15) is 126 Å². The second-order valence-corrected chi connectivity index (χ2v) is 22.4. The summed E-state index contributed by atoms with van der Waals surface area (Å²) in [6.07, 6.45) is -57.6. The van der Waals surface area contributed by atoms with E-state index in [1.54, 1.807) is 0 Å². The molecule has 5 heterocycles. The van der Waals surface area contributed by atoms with E-state index < -0.39 is 251 Å². The molecule has 0 aromatic heterocycles. The molecule has 12 N–H and O–H groups in total. The Bertz CT molecular complexity index is 2510. The largest absolute Gasteiger partial charge is 0.726 e. The van der Waals surface area contributed by atoms with E-state index in [4.69, 9.17) is 42.6 Å². The first-order chi connectivity index (χ1) is 35.8. The SMILES string of the molecule is O=S(=O)([O-])OC[C@H]1O[C@H](O[C@@H]2[C@@H](O)[C@@H](O[C@@H]3[C@@H](O)[C@@H](O[C@H]4[C@@H](O)[C@@H](O)[C@@H](CO)O[C@@H]4COS(=O)(=O)[O-])O[C@H](COS(=O)(=O)[O-])[C@H]3O)O[C@H](COS(=O)(=O)[O-])[C@H]2O)[C@H](O)[C@@H](O[C@H]2O[C@H](COS(=O)(=O)[O-])[C@@H](CO)[C@@H](O)[C@H]2O)[C@@H]1O. The molecule has 0 radical (unpaired) electrons. The van der Waals surface area contributed by atoms with Crippen molar-refractivity contribution in [3.05, 3.63) is 0 Å². The molecule has 78 heavy (non-hydrogen) atoms. The Kier molecular flexibility index (Phi) is 23.3. The molecule has 0 saturated carbocycles. The van der Waals surface area contributed by atoms with Gasteiger partial charge in [0.2, 0.25) is 52.0 Å². The first kappa shape index (κ1) is 67.3. The number of aliphatic hydroxyl groups is 12. The number of hydrogen-bond acceptors (Lipinski definition) is 41. The zero-order valence-electron chi connectivity index (χ0n) is 38.6. The highest BCUT2D eigenvalue weighted by atomic mass is 32.3. The van der Waals surface area contributed by atoms with Crippen LogP contribution in [0, 0.1) is 5.92 Å². The van der Waals surface area contributed by atoms with Crippen LogP contribution in [-0.2, 0) is 116 Å². The van der Waals surface area contributed by atoms with Gasteiger partial charge in [-0.15, -0.1) is 0 Å². The smallest absolute Gasteiger partial charge is 0.217 e. The molecule has 5 fully saturated rings. The van der Waals surface area contributed by atoms with Gasteiger partial charge < -0.3 is 127 Å². The number of hydrogen-bond donors (Lipinski definition) is 12. The van der Waals surface area contributed by atoms with Gasteiger partial charge in [-0.2, -0.15) is 0 Å². The van der Waals surface area contributed by atoms with Gasteiger partial charge >= 0.3 is 0 Å². The molecule has 0 unspecified atom stereocenters. The van der Waals surface area contributed by atoms with Crippen LogP contribution in [0.4, 0.5) is 0 Å². The van der Waals surface area contributed by atoms with Gasteiger partial charge in [-0.25, -0.2) is 42.1 Å². The lowest BCUT2D eigenvalue weighted by Crippen LogP contribution is -2.68. The highest BCUT2D eigenvalue weighted by molar-refractivity contribution is 7.81. The van der Waals surface area contributed by atoms with Crippen molar-refractivity contribution in [1.82, 2.24) is 0 Å². The standard InChI is InChI=1S/C32H56O41S5/c33-1-8-10(3-60-74(45,46)47)66-29(21(41)15(8)35)71-26-17(37)12(5-62-76(51,52)53)68-31(23(26)43)73-28-19(39)13(6-63-77(54,55)56)69-32(24(28)44)72-27-18(38)11(4-61-75(48,49)50)67-30(22(27)42)70-25-14(7-64-78(57,58)59)65-9(2-34)16(36)20(25)40/h8-44H,1-7H2,(H,45,46,47)(H,48,49,50)(H,51,52,53)(H,54,55,56)(H,57,58,59)/p-5/t8-,9-,10-,11-,12-,13-,14-,15-,16+,17-,18-,19-,20+,21-,22-,23-,24-,25-,26+,27+,28+,29-,30-,31-,32-/m1/s1. The Morgan fingerprint density at radius 1 is 0.295 bits per heavy atom. The summed E-state index contributed by atoms with van der Waals surface area (Å²) in [5.74, 6) is -1.65. The van der Waals surface area contributed by atoms with Crippen molar-refractivity contribution in [3.63, 3.8) is 0 Å². The van der Waals surface area contributed by atoms with Crippen LogP contribution in [0.1, 0.15) is 0 Å². The van der Waals surface area contributed by atoms with Crippen molar-refractivity contribution in [1.29, 1.82) is 0 Å². The quantitative estimate of drug-likeness (QED) is 0.0298. The van der Waals surface area contributed by atoms with Crippen molar-refractivity contribution in [2.24, 2.45) is 5.92 Å². The summed E-state index contributed by atoms with van der Waals surface area (Å²) in [4.78, 5) is 0. The van der Waals surface area contributed by atoms with Crippen LogP contribution in [0.15, 0.2) is 0 Å². The van der Waals surface area contributed by atoms with Crippen molar-refractivity contribution in [2.45, 2.75) is 147 Å². The lowest BCUT2D eigenvalue weighted by molar-refractivity contribution is -0.392. The summed E-state index contributed by atoms with van der Waals surface area (Å²) in [7, 11) is -28.3. The molecular weight excluding hydrogens is 1200 g/mol. The predicted octanol–water partition coefficient (Wildman–Crippen LogP) is -14.2. The Hall–Kier alpha value is -1.49. The third-order valence-electron chi connectivity index (χ3n) is 12.0. The van der Waals surface area contributed by atoms with Crippen LogP contribution >= 0.6 is 0 Å². The van der Waals surface area contributed by atoms with E-state index in [-0.39, 0.29) is 0 Å². The van der Waals surface area contributed by atoms with Gasteiger partial charge in [0.25, 0.3) is 0 Å². The third kappa shape index (κ3) is 18.3. The zero-order chi connectivity index (χ0) is 58.8. The van der Waals surface area contributed by atoms with Gasteiger partial charge in [0.1, 0.15) is 110 Å². The number of rotatable bonds is 25. The molecule has 0 bridgehead atoms. The topological polar surface area (TPSA) is 658 Å². The Labute approximate surface area is 439 Å². The molecule has 460 valence electrons. The maximum Gasteiger partial charge on any atom is 0.217 e. The molecule has 0 aromatic rings. The van der Waals surface area contributed by atoms with E-state index in [0.29, 0.717) is 0 Å². The monoisotopic (exact) mass is 1250 g/mol. The van der Waals surface area contributed by atoms with Crippen molar-refractivity contribution < 1.29 is 190 Å². The van der Waals surface area contributed by atoms with Gasteiger partial charge in [-0.05, 0) is 0 Å². The maximum atomic E-state index is 11.7. The van der Waals surface area contributed by atoms with Crippen molar-refractivity contribution >= 4 is 52.0 Å². The van der Waals surface area contributed by atoms with Crippen molar-refractivity contribution in [3.8, 4) is 0 Å². The molecule has 5 aliphatic heterocycles. The van der Waals surface area contributed by atoms with Gasteiger partial charge in [0.05, 0.1) is 58.5 Å². The van der Waals surface area contributed by atoms with Crippen LogP contribution in [0.25, 0.3) is 0 Å². The van der Waals surface area contributed by atoms with Crippen LogP contribution < -0.4 is 0 Å². The van der Waals surface area contributed by atoms with Gasteiger partial charge in [0.15, 0.2) is 25.2 Å². The van der Waals surface area contributed by atoms with Crippen LogP contribution in [0.2, 0.25) is 0 Å². The average molecular weight is 1250 g/mol. The second kappa shape index (κ2) is 27.0. The van der Waals surface area contributed by atoms with E-state index in [1.165, 1.54) is 0 Å². The molecule has 0 amide bonds. The predicted molar refractivity (Wildman–Crippen MR) is 219 cm³/mol. The molecule has 0 aromatic carbocycles. The summed E-state index contributed by atoms with van der Waals surface area (Å²) < 4.78 is 240. The Morgan fingerprint density at radius 3 is 0.885 bits per heavy atom. The first-order valence-corrected chi connectivity index (χ1v) is 28.4. The molecule has 0 aliphatic carbocycles. The van der Waals surface area contributed by atoms with Crippen molar-refractivity contribution in [2.75, 3.05) is 46.2 Å². The lowest BCUT2D eigenvalue weighted by Gasteiger charge is -2.50. The zero-order valence-corrected chi connectivity index (χ0v) is 42.7. The average Bonchev–Trinajstić information content (AvgIpc) is 3.38. The molecule has 0 spiro atoms. The van der Waals surface area contributed by atoms with E-state index >= 15 is 0 Å². The summed E-state index contributed by atoms with van der Waals surface area (Å²) in [5, 5.41) is 131. The van der Waals surface area contributed by atoms with Gasteiger partial charge in [-0.1, -0.05) is 0 Å². The van der Waals surface area contributed by atoms with Gasteiger partial charge in [-0.3, -0.25) is 20.9 Å². The normalized spacial score (nSPS) is 42.6. The summed E-state index contributed by atoms with van der Waals surface area (Å²) in [6.45, 7) is -9.51. The number of aliphatic hydroxyl groups excluding tert-OH is 12. The highest BCUT2D eigenvalue weighted by Crippen LogP contribution is 2.37. The van der Waals surface area contributed by atoms with E-state index in [1.807, 2.05) is 0 Å². The fourth-order valence-corrected chi connectivity index (χ4v) is 9.77. The summed E-state index contributed by atoms with van der Waals surface area (Å²) in [5.41, 5.74) is 0. The van der Waals surface area contributed by atoms with Crippen LogP contribution in [-0.4, -0.2) is 320 Å².